The predicted octanol–water partition coefficient (Wildman–Crippen LogP) is 2.33. The van der Waals surface area contributed by atoms with Gasteiger partial charge in [-0.1, -0.05) is 37.3 Å². The lowest BCUT2D eigenvalue weighted by Gasteiger charge is -2.29. The monoisotopic (exact) mass is 316 g/mol. The van der Waals surface area contributed by atoms with E-state index in [0.717, 1.165) is 5.56 Å². The van der Waals surface area contributed by atoms with Gasteiger partial charge in [0.1, 0.15) is 11.9 Å². The summed E-state index contributed by atoms with van der Waals surface area (Å²) in [5.74, 6) is 0.0567. The molecule has 0 aliphatic heterocycles. The van der Waals surface area contributed by atoms with Crippen LogP contribution in [0.25, 0.3) is 0 Å². The first kappa shape index (κ1) is 17.2. The Hall–Kier alpha value is -2.11. The molecule has 0 fully saturated rings. The van der Waals surface area contributed by atoms with E-state index in [1.807, 2.05) is 44.2 Å². The molecule has 5 heteroatoms. The summed E-state index contributed by atoms with van der Waals surface area (Å²) in [4.78, 5) is 14.3. The maximum atomic E-state index is 12.7. The van der Waals surface area contributed by atoms with E-state index in [9.17, 15) is 9.90 Å². The summed E-state index contributed by atoms with van der Waals surface area (Å²) in [6, 6.07) is 12.9. The minimum atomic E-state index is -0.863. The van der Waals surface area contributed by atoms with E-state index in [-0.39, 0.29) is 24.4 Å². The van der Waals surface area contributed by atoms with Crippen molar-refractivity contribution in [3.05, 3.63) is 60.1 Å². The van der Waals surface area contributed by atoms with E-state index in [4.69, 9.17) is 10.2 Å². The summed E-state index contributed by atoms with van der Waals surface area (Å²) in [5, 5.41) is 10.3. The first-order valence-electron chi connectivity index (χ1n) is 7.78. The van der Waals surface area contributed by atoms with E-state index in [1.165, 1.54) is 6.26 Å². The average Bonchev–Trinajstić information content (AvgIpc) is 3.08. The zero-order valence-corrected chi connectivity index (χ0v) is 13.6. The number of aliphatic hydroxyl groups is 1. The number of amides is 1. The molecule has 23 heavy (non-hydrogen) atoms. The molecule has 2 aromatic rings. The van der Waals surface area contributed by atoms with Crippen LogP contribution in [0.5, 0.6) is 0 Å². The van der Waals surface area contributed by atoms with Gasteiger partial charge >= 0.3 is 0 Å². The third kappa shape index (κ3) is 4.68. The Kier molecular flexibility index (Phi) is 5.96. The van der Waals surface area contributed by atoms with E-state index in [1.54, 1.807) is 17.0 Å². The summed E-state index contributed by atoms with van der Waals surface area (Å²) >= 11 is 0. The SMILES string of the molecule is CC(N)C(C)C(=O)N(Cc1ccccc1)CC(O)c1ccco1. The highest BCUT2D eigenvalue weighted by atomic mass is 16.4. The van der Waals surface area contributed by atoms with Gasteiger partial charge in [-0.25, -0.2) is 0 Å². The molecule has 1 heterocycles. The van der Waals surface area contributed by atoms with Crippen LogP contribution in [-0.4, -0.2) is 28.5 Å². The zero-order valence-electron chi connectivity index (χ0n) is 13.6. The lowest BCUT2D eigenvalue weighted by atomic mass is 10.0. The molecule has 3 unspecified atom stereocenters. The number of furan rings is 1. The number of rotatable bonds is 7. The fourth-order valence-electron chi connectivity index (χ4n) is 2.33. The van der Waals surface area contributed by atoms with Gasteiger partial charge in [0.25, 0.3) is 0 Å². The Bertz CT molecular complexity index is 596. The number of carbonyl (C=O) groups excluding carboxylic acids is 1. The Labute approximate surface area is 136 Å². The van der Waals surface area contributed by atoms with Crippen LogP contribution >= 0.6 is 0 Å². The van der Waals surface area contributed by atoms with Crippen molar-refractivity contribution in [2.75, 3.05) is 6.54 Å². The van der Waals surface area contributed by atoms with Gasteiger partial charge in [0.05, 0.1) is 18.7 Å². The molecule has 1 amide bonds. The van der Waals surface area contributed by atoms with Crippen molar-refractivity contribution >= 4 is 5.91 Å². The van der Waals surface area contributed by atoms with Crippen LogP contribution in [0.4, 0.5) is 0 Å². The van der Waals surface area contributed by atoms with Gasteiger partial charge in [-0.2, -0.15) is 0 Å². The lowest BCUT2D eigenvalue weighted by molar-refractivity contribution is -0.137. The maximum absolute atomic E-state index is 12.7. The van der Waals surface area contributed by atoms with Crippen molar-refractivity contribution in [3.8, 4) is 0 Å². The van der Waals surface area contributed by atoms with Gasteiger partial charge in [-0.05, 0) is 24.6 Å². The number of aliphatic hydroxyl groups excluding tert-OH is 1. The molecule has 3 N–H and O–H groups in total. The number of carbonyl (C=O) groups is 1. The third-order valence-corrected chi connectivity index (χ3v) is 3.97. The van der Waals surface area contributed by atoms with Gasteiger partial charge in [0, 0.05) is 12.6 Å². The summed E-state index contributed by atoms with van der Waals surface area (Å²) in [5.41, 5.74) is 6.87. The Morgan fingerprint density at radius 2 is 1.91 bits per heavy atom. The topological polar surface area (TPSA) is 79.7 Å². The minimum absolute atomic E-state index is 0.0746. The molecular formula is C18H24N2O3. The van der Waals surface area contributed by atoms with E-state index < -0.39 is 6.10 Å². The second kappa shape index (κ2) is 7.94. The first-order chi connectivity index (χ1) is 11.0. The molecular weight excluding hydrogens is 292 g/mol. The molecule has 0 aliphatic carbocycles. The highest BCUT2D eigenvalue weighted by molar-refractivity contribution is 5.79. The van der Waals surface area contributed by atoms with Crippen molar-refractivity contribution < 1.29 is 14.3 Å². The van der Waals surface area contributed by atoms with Crippen molar-refractivity contribution in [3.63, 3.8) is 0 Å². The Morgan fingerprint density at radius 1 is 1.22 bits per heavy atom. The molecule has 124 valence electrons. The number of benzene rings is 1. The van der Waals surface area contributed by atoms with Crippen LogP contribution < -0.4 is 5.73 Å². The average molecular weight is 316 g/mol. The van der Waals surface area contributed by atoms with Crippen LogP contribution in [0.2, 0.25) is 0 Å². The van der Waals surface area contributed by atoms with Crippen LogP contribution in [0.3, 0.4) is 0 Å². The quantitative estimate of drug-likeness (QED) is 0.821. The van der Waals surface area contributed by atoms with Crippen molar-refractivity contribution in [1.29, 1.82) is 0 Å². The fourth-order valence-corrected chi connectivity index (χ4v) is 2.33. The molecule has 1 aromatic heterocycles. The number of nitrogens with two attached hydrogens (primary N) is 1. The Morgan fingerprint density at radius 3 is 2.48 bits per heavy atom. The minimum Gasteiger partial charge on any atom is -0.467 e. The van der Waals surface area contributed by atoms with Gasteiger partial charge < -0.3 is 20.2 Å². The smallest absolute Gasteiger partial charge is 0.227 e. The second-order valence-corrected chi connectivity index (χ2v) is 5.88. The summed E-state index contributed by atoms with van der Waals surface area (Å²) < 4.78 is 5.22. The summed E-state index contributed by atoms with van der Waals surface area (Å²) in [6.07, 6.45) is 0.643. The number of nitrogens with zero attached hydrogens (tertiary/aromatic N) is 1. The molecule has 3 atom stereocenters. The standard InChI is InChI=1S/C18H24N2O3/c1-13(14(2)19)18(22)20(11-15-7-4-3-5-8-15)12-16(21)17-9-6-10-23-17/h3-10,13-14,16,21H,11-12,19H2,1-2H3. The van der Waals surface area contributed by atoms with E-state index in [2.05, 4.69) is 0 Å². The molecule has 5 nitrogen and oxygen atoms in total. The highest BCUT2D eigenvalue weighted by Gasteiger charge is 2.26. The lowest BCUT2D eigenvalue weighted by Crippen LogP contribution is -2.43. The normalized spacial score (nSPS) is 15.0. The van der Waals surface area contributed by atoms with Crippen LogP contribution in [0.15, 0.2) is 53.1 Å². The van der Waals surface area contributed by atoms with Crippen LogP contribution in [0.1, 0.15) is 31.3 Å². The van der Waals surface area contributed by atoms with Gasteiger partial charge in [0.15, 0.2) is 0 Å². The first-order valence-corrected chi connectivity index (χ1v) is 7.78. The molecule has 0 aliphatic rings. The third-order valence-electron chi connectivity index (χ3n) is 3.97. The largest absolute Gasteiger partial charge is 0.467 e. The molecule has 0 spiro atoms. The summed E-state index contributed by atoms with van der Waals surface area (Å²) in [7, 11) is 0. The van der Waals surface area contributed by atoms with Crippen LogP contribution in [-0.2, 0) is 11.3 Å². The molecule has 0 saturated carbocycles. The fraction of sp³-hybridized carbons (Fsp3) is 0.389. The van der Waals surface area contributed by atoms with Crippen molar-refractivity contribution in [2.24, 2.45) is 11.7 Å². The Balaban J connectivity index is 2.15. The van der Waals surface area contributed by atoms with Gasteiger partial charge in [-0.15, -0.1) is 0 Å². The predicted molar refractivity (Wildman–Crippen MR) is 88.3 cm³/mol. The van der Waals surface area contributed by atoms with Crippen molar-refractivity contribution in [1.82, 2.24) is 4.90 Å². The van der Waals surface area contributed by atoms with E-state index in [0.29, 0.717) is 12.3 Å². The molecule has 1 aromatic carbocycles. The molecule has 2 rings (SSSR count). The maximum Gasteiger partial charge on any atom is 0.227 e. The van der Waals surface area contributed by atoms with E-state index >= 15 is 0 Å². The number of hydrogen-bond acceptors (Lipinski definition) is 4. The van der Waals surface area contributed by atoms with Gasteiger partial charge in [0.2, 0.25) is 5.91 Å². The molecule has 0 bridgehead atoms. The summed E-state index contributed by atoms with van der Waals surface area (Å²) in [6.45, 7) is 4.21. The molecule has 0 radical (unpaired) electrons. The second-order valence-electron chi connectivity index (χ2n) is 5.88. The zero-order chi connectivity index (χ0) is 16.8. The van der Waals surface area contributed by atoms with Crippen molar-refractivity contribution in [2.45, 2.75) is 32.5 Å². The molecule has 0 saturated heterocycles. The highest BCUT2D eigenvalue weighted by Crippen LogP contribution is 2.18. The van der Waals surface area contributed by atoms with Crippen LogP contribution in [0, 0.1) is 5.92 Å². The number of hydrogen-bond donors (Lipinski definition) is 2. The van der Waals surface area contributed by atoms with Gasteiger partial charge in [-0.3, -0.25) is 4.79 Å².